The predicted octanol–water partition coefficient (Wildman–Crippen LogP) is 7.42. The molecule has 0 unspecified atom stereocenters. The summed E-state index contributed by atoms with van der Waals surface area (Å²) in [6, 6.07) is 7.89. The zero-order valence-corrected chi connectivity index (χ0v) is 21.8. The maximum absolute atomic E-state index is 12.4. The summed E-state index contributed by atoms with van der Waals surface area (Å²) in [5, 5.41) is 0. The van der Waals surface area contributed by atoms with Crippen LogP contribution in [0.1, 0.15) is 37.5 Å². The van der Waals surface area contributed by atoms with E-state index in [1.807, 2.05) is 39.0 Å². The fourth-order valence-electron chi connectivity index (χ4n) is 3.30. The van der Waals surface area contributed by atoms with E-state index in [-0.39, 0.29) is 18.5 Å². The molecule has 0 fully saturated rings. The van der Waals surface area contributed by atoms with Crippen LogP contribution in [0.4, 0.5) is 0 Å². The van der Waals surface area contributed by atoms with Crippen LogP contribution in [-0.2, 0) is 16.0 Å². The molecule has 0 aliphatic rings. The van der Waals surface area contributed by atoms with Crippen LogP contribution >= 0.6 is 38.6 Å². The van der Waals surface area contributed by atoms with Crippen LogP contribution in [0.15, 0.2) is 28.1 Å². The fraction of sp³-hybridized carbons (Fsp3) is 0.375. The molecule has 3 rings (SSSR count). The van der Waals surface area contributed by atoms with Gasteiger partial charge >= 0.3 is 5.97 Å². The summed E-state index contributed by atoms with van der Waals surface area (Å²) >= 11 is 7.02. The van der Waals surface area contributed by atoms with E-state index in [1.165, 1.54) is 16.0 Å². The van der Waals surface area contributed by atoms with Crippen molar-refractivity contribution in [2.24, 2.45) is 0 Å². The molecule has 0 N–H and O–H groups in total. The highest BCUT2D eigenvalue weighted by molar-refractivity contribution is 9.11. The third-order valence-corrected chi connectivity index (χ3v) is 8.48. The molecule has 0 saturated heterocycles. The van der Waals surface area contributed by atoms with Gasteiger partial charge in [-0.05, 0) is 85.4 Å². The lowest BCUT2D eigenvalue weighted by atomic mass is 10.1. The van der Waals surface area contributed by atoms with E-state index in [9.17, 15) is 4.79 Å². The lowest BCUT2D eigenvalue weighted by molar-refractivity contribution is -0.142. The second-order valence-electron chi connectivity index (χ2n) is 7.40. The summed E-state index contributed by atoms with van der Waals surface area (Å²) < 4.78 is 18.1. The number of methoxy groups -OCH3 is 1. The third kappa shape index (κ3) is 5.16. The molecule has 0 radical (unpaired) electrons. The Bertz CT molecular complexity index is 1080. The number of esters is 1. The van der Waals surface area contributed by atoms with Crippen molar-refractivity contribution in [2.75, 3.05) is 13.7 Å². The molecule has 31 heavy (non-hydrogen) atoms. The van der Waals surface area contributed by atoms with Crippen LogP contribution in [0.25, 0.3) is 20.2 Å². The monoisotopic (exact) mass is 522 g/mol. The second kappa shape index (κ2) is 10.2. The average Bonchev–Trinajstić information content (AvgIpc) is 3.23. The standard InChI is InChI=1S/C24H27BrO4S2/c1-7-28-20(26)12-16-11-19(30-23(16)22-14(4)15(5)24(25)31-22)21-17(27-6)9-8-10-18(21)29-13(2)3/h8-11,13H,7,12H2,1-6H3. The first kappa shape index (κ1) is 23.8. The molecule has 2 heterocycles. The van der Waals surface area contributed by atoms with Gasteiger partial charge in [-0.15, -0.1) is 22.7 Å². The number of hydrogen-bond donors (Lipinski definition) is 0. The molecule has 0 saturated carbocycles. The van der Waals surface area contributed by atoms with Crippen molar-refractivity contribution in [1.29, 1.82) is 0 Å². The Morgan fingerprint density at radius 3 is 2.39 bits per heavy atom. The fourth-order valence-corrected chi connectivity index (χ4v) is 6.58. The van der Waals surface area contributed by atoms with E-state index in [4.69, 9.17) is 14.2 Å². The van der Waals surface area contributed by atoms with E-state index in [0.717, 1.165) is 36.2 Å². The summed E-state index contributed by atoms with van der Waals surface area (Å²) in [7, 11) is 1.66. The van der Waals surface area contributed by atoms with Gasteiger partial charge in [0.05, 0.1) is 35.6 Å². The maximum atomic E-state index is 12.4. The quantitative estimate of drug-likeness (QED) is 0.288. The molecule has 0 spiro atoms. The molecule has 0 aliphatic heterocycles. The van der Waals surface area contributed by atoms with E-state index >= 15 is 0 Å². The largest absolute Gasteiger partial charge is 0.496 e. The Hall–Kier alpha value is -1.83. The van der Waals surface area contributed by atoms with Gasteiger partial charge in [-0.25, -0.2) is 0 Å². The number of hydrogen-bond acceptors (Lipinski definition) is 6. The smallest absolute Gasteiger partial charge is 0.310 e. The molecule has 7 heteroatoms. The summed E-state index contributed by atoms with van der Waals surface area (Å²) in [5.41, 5.74) is 4.30. The third-order valence-electron chi connectivity index (χ3n) is 4.86. The molecule has 0 amide bonds. The Morgan fingerprint density at radius 1 is 1.10 bits per heavy atom. The minimum absolute atomic E-state index is 0.0300. The maximum Gasteiger partial charge on any atom is 0.310 e. The summed E-state index contributed by atoms with van der Waals surface area (Å²) in [4.78, 5) is 15.6. The highest BCUT2D eigenvalue weighted by atomic mass is 79.9. The lowest BCUT2D eigenvalue weighted by Gasteiger charge is -2.16. The van der Waals surface area contributed by atoms with Crippen molar-refractivity contribution in [3.05, 3.63) is 44.7 Å². The number of carbonyl (C=O) groups excluding carboxylic acids is 1. The summed E-state index contributed by atoms with van der Waals surface area (Å²) in [6.45, 7) is 10.4. The average molecular weight is 524 g/mol. The first-order chi connectivity index (χ1) is 14.8. The molecular weight excluding hydrogens is 496 g/mol. The molecule has 1 aromatic carbocycles. The van der Waals surface area contributed by atoms with Crippen LogP contribution in [0.5, 0.6) is 11.5 Å². The molecular formula is C24H27BrO4S2. The number of thiophene rings is 2. The van der Waals surface area contributed by atoms with Gasteiger partial charge in [-0.2, -0.15) is 0 Å². The number of rotatable bonds is 8. The lowest BCUT2D eigenvalue weighted by Crippen LogP contribution is -2.07. The molecule has 3 aromatic rings. The molecule has 2 aromatic heterocycles. The van der Waals surface area contributed by atoms with Gasteiger partial charge in [0.15, 0.2) is 0 Å². The van der Waals surface area contributed by atoms with Gasteiger partial charge in [0.1, 0.15) is 11.5 Å². The van der Waals surface area contributed by atoms with Gasteiger partial charge < -0.3 is 14.2 Å². The van der Waals surface area contributed by atoms with E-state index in [0.29, 0.717) is 6.61 Å². The number of carbonyl (C=O) groups is 1. The zero-order valence-electron chi connectivity index (χ0n) is 18.6. The second-order valence-corrected chi connectivity index (χ2v) is 10.8. The number of halogens is 1. The van der Waals surface area contributed by atoms with Crippen molar-refractivity contribution in [2.45, 2.75) is 47.1 Å². The molecule has 0 aliphatic carbocycles. The van der Waals surface area contributed by atoms with Gasteiger partial charge in [0, 0.05) is 14.6 Å². The topological polar surface area (TPSA) is 44.8 Å². The SMILES string of the molecule is CCOC(=O)Cc1cc(-c2c(OC)cccc2OC(C)C)sc1-c1sc(Br)c(C)c1C. The Labute approximate surface area is 200 Å². The Kier molecular flexibility index (Phi) is 7.83. The summed E-state index contributed by atoms with van der Waals surface area (Å²) in [6.07, 6.45) is 0.255. The van der Waals surface area contributed by atoms with Crippen molar-refractivity contribution >= 4 is 44.6 Å². The first-order valence-corrected chi connectivity index (χ1v) is 12.6. The van der Waals surface area contributed by atoms with E-state index in [1.54, 1.807) is 29.8 Å². The summed E-state index contributed by atoms with van der Waals surface area (Å²) in [5.74, 6) is 1.29. The highest BCUT2D eigenvalue weighted by Gasteiger charge is 2.23. The number of benzene rings is 1. The van der Waals surface area contributed by atoms with Crippen LogP contribution in [-0.4, -0.2) is 25.8 Å². The minimum atomic E-state index is -0.225. The number of ether oxygens (including phenoxy) is 3. The highest BCUT2D eigenvalue weighted by Crippen LogP contribution is 2.49. The van der Waals surface area contributed by atoms with Crippen molar-refractivity contribution in [3.8, 4) is 31.7 Å². The van der Waals surface area contributed by atoms with Gasteiger partial charge in [-0.3, -0.25) is 4.79 Å². The van der Waals surface area contributed by atoms with Crippen molar-refractivity contribution in [3.63, 3.8) is 0 Å². The normalized spacial score (nSPS) is 11.1. The van der Waals surface area contributed by atoms with Crippen LogP contribution < -0.4 is 9.47 Å². The first-order valence-electron chi connectivity index (χ1n) is 10.1. The Balaban J connectivity index is 2.20. The van der Waals surface area contributed by atoms with Crippen LogP contribution in [0.3, 0.4) is 0 Å². The van der Waals surface area contributed by atoms with Crippen LogP contribution in [0, 0.1) is 13.8 Å². The molecule has 0 bridgehead atoms. The van der Waals surface area contributed by atoms with Crippen LogP contribution in [0.2, 0.25) is 0 Å². The minimum Gasteiger partial charge on any atom is -0.496 e. The van der Waals surface area contributed by atoms with Gasteiger partial charge in [0.2, 0.25) is 0 Å². The van der Waals surface area contributed by atoms with Gasteiger partial charge in [-0.1, -0.05) is 6.07 Å². The zero-order chi connectivity index (χ0) is 22.7. The molecule has 4 nitrogen and oxygen atoms in total. The van der Waals surface area contributed by atoms with Gasteiger partial charge in [0.25, 0.3) is 0 Å². The van der Waals surface area contributed by atoms with E-state index < -0.39 is 0 Å². The predicted molar refractivity (Wildman–Crippen MR) is 133 cm³/mol. The molecule has 0 atom stereocenters. The van der Waals surface area contributed by atoms with Crippen molar-refractivity contribution in [1.82, 2.24) is 0 Å². The van der Waals surface area contributed by atoms with Crippen molar-refractivity contribution < 1.29 is 19.0 Å². The van der Waals surface area contributed by atoms with E-state index in [2.05, 4.69) is 35.8 Å². The Morgan fingerprint density at radius 2 is 1.81 bits per heavy atom. The molecule has 166 valence electrons.